The Morgan fingerprint density at radius 1 is 1.00 bits per heavy atom. The molecule has 0 spiro atoms. The summed E-state index contributed by atoms with van der Waals surface area (Å²) in [6.45, 7) is 6.03. The van der Waals surface area contributed by atoms with Crippen LogP contribution in [0.25, 0.3) is 28.2 Å². The predicted octanol–water partition coefficient (Wildman–Crippen LogP) is 4.15. The minimum Gasteiger partial charge on any atom is -0.255 e. The highest BCUT2D eigenvalue weighted by molar-refractivity contribution is 5.78. The quantitative estimate of drug-likeness (QED) is 0.547. The van der Waals surface area contributed by atoms with Gasteiger partial charge in [-0.1, -0.05) is 18.6 Å². The molecular formula is C20H18FN5. The topological polar surface area (TPSA) is 56.0 Å². The molecule has 130 valence electrons. The summed E-state index contributed by atoms with van der Waals surface area (Å²) in [5.74, 6) is 0.139. The lowest BCUT2D eigenvalue weighted by Crippen LogP contribution is -2.07. The predicted molar refractivity (Wildman–Crippen MR) is 97.5 cm³/mol. The average Bonchev–Trinajstić information content (AvgIpc) is 3.21. The molecule has 4 aromatic rings. The summed E-state index contributed by atoms with van der Waals surface area (Å²) in [6, 6.07) is 9.04. The van der Waals surface area contributed by atoms with Gasteiger partial charge in [0.1, 0.15) is 11.3 Å². The second-order valence-corrected chi connectivity index (χ2v) is 7.46. The fourth-order valence-electron chi connectivity index (χ4n) is 3.41. The van der Waals surface area contributed by atoms with E-state index in [1.807, 2.05) is 30.4 Å². The van der Waals surface area contributed by atoms with Crippen molar-refractivity contribution in [3.8, 4) is 11.4 Å². The number of fused-ring (bicyclic) bond motifs is 3. The Morgan fingerprint density at radius 2 is 1.81 bits per heavy atom. The number of hydrogen-bond acceptors (Lipinski definition) is 4. The fraction of sp³-hybridized carbons (Fsp3) is 0.300. The van der Waals surface area contributed by atoms with Crippen molar-refractivity contribution in [1.29, 1.82) is 0 Å². The van der Waals surface area contributed by atoms with Crippen molar-refractivity contribution in [3.63, 3.8) is 0 Å². The third-order valence-corrected chi connectivity index (χ3v) is 5.32. The Morgan fingerprint density at radius 3 is 2.58 bits per heavy atom. The third kappa shape index (κ3) is 2.14. The van der Waals surface area contributed by atoms with Crippen molar-refractivity contribution >= 4 is 16.8 Å². The Hall–Kier alpha value is -2.89. The molecule has 5 rings (SSSR count). The molecule has 3 aromatic heterocycles. The lowest BCUT2D eigenvalue weighted by Gasteiger charge is -2.11. The van der Waals surface area contributed by atoms with Crippen LogP contribution in [0.3, 0.4) is 0 Å². The smallest absolute Gasteiger partial charge is 0.184 e. The summed E-state index contributed by atoms with van der Waals surface area (Å²) in [5.41, 5.74) is 5.36. The van der Waals surface area contributed by atoms with Crippen LogP contribution in [0, 0.1) is 19.7 Å². The maximum atomic E-state index is 14.5. The molecule has 3 heterocycles. The molecule has 1 aromatic carbocycles. The van der Waals surface area contributed by atoms with Gasteiger partial charge in [-0.2, -0.15) is 0 Å². The van der Waals surface area contributed by atoms with E-state index in [0.29, 0.717) is 22.7 Å². The van der Waals surface area contributed by atoms with Crippen LogP contribution in [0.2, 0.25) is 0 Å². The highest BCUT2D eigenvalue weighted by atomic mass is 19.1. The van der Waals surface area contributed by atoms with Crippen LogP contribution >= 0.6 is 0 Å². The monoisotopic (exact) mass is 347 g/mol. The zero-order valence-electron chi connectivity index (χ0n) is 14.9. The van der Waals surface area contributed by atoms with Crippen LogP contribution < -0.4 is 0 Å². The summed E-state index contributed by atoms with van der Waals surface area (Å²) < 4.78 is 16.4. The van der Waals surface area contributed by atoms with Gasteiger partial charge in [-0.25, -0.2) is 14.4 Å². The summed E-state index contributed by atoms with van der Waals surface area (Å²) in [6.07, 6.45) is 2.27. The van der Waals surface area contributed by atoms with Crippen LogP contribution in [0.15, 0.2) is 30.3 Å². The van der Waals surface area contributed by atoms with Gasteiger partial charge >= 0.3 is 0 Å². The lowest BCUT2D eigenvalue weighted by molar-refractivity contribution is 0.629. The molecule has 1 fully saturated rings. The van der Waals surface area contributed by atoms with Crippen molar-refractivity contribution in [1.82, 2.24) is 24.6 Å². The van der Waals surface area contributed by atoms with E-state index in [9.17, 15) is 4.39 Å². The Balaban J connectivity index is 1.89. The van der Waals surface area contributed by atoms with Gasteiger partial charge in [-0.3, -0.25) is 4.40 Å². The molecule has 0 atom stereocenters. The first-order valence-corrected chi connectivity index (χ1v) is 8.76. The van der Waals surface area contributed by atoms with E-state index in [4.69, 9.17) is 4.98 Å². The van der Waals surface area contributed by atoms with Gasteiger partial charge in [0.15, 0.2) is 17.1 Å². The third-order valence-electron chi connectivity index (χ3n) is 5.32. The molecule has 0 saturated heterocycles. The molecule has 0 radical (unpaired) electrons. The molecule has 0 N–H and O–H groups in total. The van der Waals surface area contributed by atoms with E-state index in [0.717, 1.165) is 35.3 Å². The summed E-state index contributed by atoms with van der Waals surface area (Å²) in [7, 11) is 0. The number of aryl methyl sites for hydroxylation is 2. The highest BCUT2D eigenvalue weighted by Crippen LogP contribution is 2.47. The molecule has 0 unspecified atom stereocenters. The largest absolute Gasteiger partial charge is 0.255 e. The molecule has 1 aliphatic carbocycles. The second-order valence-electron chi connectivity index (χ2n) is 7.46. The minimum absolute atomic E-state index is 0.133. The molecule has 0 aliphatic heterocycles. The number of pyridine rings is 1. The Kier molecular flexibility index (Phi) is 2.99. The number of hydrogen-bond donors (Lipinski definition) is 0. The Bertz CT molecular complexity index is 1190. The van der Waals surface area contributed by atoms with E-state index in [1.54, 1.807) is 12.1 Å². The molecule has 1 saturated carbocycles. The number of benzene rings is 1. The summed E-state index contributed by atoms with van der Waals surface area (Å²) in [4.78, 5) is 9.50. The number of nitrogens with zero attached hydrogens (tertiary/aromatic N) is 5. The van der Waals surface area contributed by atoms with Crippen molar-refractivity contribution in [2.24, 2.45) is 0 Å². The van der Waals surface area contributed by atoms with Gasteiger partial charge in [0.2, 0.25) is 0 Å². The molecule has 26 heavy (non-hydrogen) atoms. The summed E-state index contributed by atoms with van der Waals surface area (Å²) in [5, 5.41) is 8.55. The minimum atomic E-state index is -0.321. The average molecular weight is 347 g/mol. The van der Waals surface area contributed by atoms with Crippen molar-refractivity contribution in [2.75, 3.05) is 0 Å². The van der Waals surface area contributed by atoms with E-state index in [-0.39, 0.29) is 11.2 Å². The molecule has 5 nitrogen and oxygen atoms in total. The first-order valence-electron chi connectivity index (χ1n) is 8.76. The number of aromatic nitrogens is 5. The van der Waals surface area contributed by atoms with E-state index in [1.165, 1.54) is 6.07 Å². The summed E-state index contributed by atoms with van der Waals surface area (Å²) >= 11 is 0. The first-order chi connectivity index (χ1) is 12.5. The second kappa shape index (κ2) is 5.06. The standard InChI is InChI=1S/C20H18FN5/c1-11-4-5-14(21)13(10-11)18-25-24-17-12(2)22-15-6-7-16(20(3)8-9-20)23-19(15)26(17)18/h4-7,10H,8-9H2,1-3H3. The zero-order valence-corrected chi connectivity index (χ0v) is 14.9. The molecular weight excluding hydrogens is 329 g/mol. The van der Waals surface area contributed by atoms with Crippen LogP contribution in [0.4, 0.5) is 4.39 Å². The Labute approximate surface area is 149 Å². The van der Waals surface area contributed by atoms with E-state index >= 15 is 0 Å². The SMILES string of the molecule is Cc1ccc(F)c(-c2nnc3c(C)nc4ccc(C5(C)CC5)nc4n23)c1. The van der Waals surface area contributed by atoms with Crippen LogP contribution in [-0.4, -0.2) is 24.6 Å². The van der Waals surface area contributed by atoms with Gasteiger partial charge in [0.25, 0.3) is 0 Å². The normalized spacial score (nSPS) is 15.7. The van der Waals surface area contributed by atoms with Gasteiger partial charge in [-0.15, -0.1) is 10.2 Å². The molecule has 0 bridgehead atoms. The van der Waals surface area contributed by atoms with Gasteiger partial charge in [-0.05, 0) is 51.0 Å². The van der Waals surface area contributed by atoms with E-state index < -0.39 is 0 Å². The van der Waals surface area contributed by atoms with Gasteiger partial charge in [0.05, 0.1) is 11.3 Å². The van der Waals surface area contributed by atoms with Crippen LogP contribution in [0.1, 0.15) is 36.7 Å². The lowest BCUT2D eigenvalue weighted by atomic mass is 10.1. The first kappa shape index (κ1) is 15.4. The maximum absolute atomic E-state index is 14.5. The maximum Gasteiger partial charge on any atom is 0.184 e. The van der Waals surface area contributed by atoms with Crippen LogP contribution in [-0.2, 0) is 5.41 Å². The molecule has 1 aliphatic rings. The van der Waals surface area contributed by atoms with Crippen LogP contribution in [0.5, 0.6) is 0 Å². The van der Waals surface area contributed by atoms with Gasteiger partial charge in [0, 0.05) is 11.1 Å². The van der Waals surface area contributed by atoms with Crippen molar-refractivity contribution in [3.05, 3.63) is 53.1 Å². The number of halogens is 1. The van der Waals surface area contributed by atoms with Crippen molar-refractivity contribution < 1.29 is 4.39 Å². The fourth-order valence-corrected chi connectivity index (χ4v) is 3.41. The molecule has 0 amide bonds. The van der Waals surface area contributed by atoms with E-state index in [2.05, 4.69) is 22.1 Å². The molecule has 6 heteroatoms. The number of rotatable bonds is 2. The van der Waals surface area contributed by atoms with Gasteiger partial charge < -0.3 is 0 Å². The van der Waals surface area contributed by atoms with Crippen molar-refractivity contribution in [2.45, 2.75) is 39.0 Å². The highest BCUT2D eigenvalue weighted by Gasteiger charge is 2.40. The zero-order chi connectivity index (χ0) is 18.1.